The van der Waals surface area contributed by atoms with E-state index in [0.717, 1.165) is 28.1 Å². The van der Waals surface area contributed by atoms with Crippen molar-refractivity contribution in [2.75, 3.05) is 6.61 Å². The monoisotopic (exact) mass is 391 g/mol. The zero-order valence-electron chi connectivity index (χ0n) is 16.2. The van der Waals surface area contributed by atoms with Gasteiger partial charge in [0.15, 0.2) is 6.17 Å². The third kappa shape index (κ3) is 4.25. The van der Waals surface area contributed by atoms with Crippen LogP contribution >= 0.6 is 0 Å². The minimum atomic E-state index is -0.260. The summed E-state index contributed by atoms with van der Waals surface area (Å²) in [6.07, 6.45) is 1.98. The maximum Gasteiger partial charge on any atom is 0.186 e. The van der Waals surface area contributed by atoms with Crippen LogP contribution in [0.25, 0.3) is 5.70 Å². The lowest BCUT2D eigenvalue weighted by Gasteiger charge is -2.30. The molecule has 1 heterocycles. The molecule has 4 nitrogen and oxygen atoms in total. The van der Waals surface area contributed by atoms with E-state index < -0.39 is 0 Å². The van der Waals surface area contributed by atoms with Crippen LogP contribution in [0, 0.1) is 5.82 Å². The molecule has 4 N–H and O–H groups in total. The van der Waals surface area contributed by atoms with Gasteiger partial charge in [-0.2, -0.15) is 0 Å². The van der Waals surface area contributed by atoms with Crippen LogP contribution in [0.2, 0.25) is 0 Å². The number of halogens is 1. The standard InChI is InChI=1S/C24H23FN2O2/c1-2-29-19-13-9-16(10-14-19)21-15-22(20-5-3-4-6-23(20)28)27-24(26-21)17-7-11-18(25)12-8-17/h3-15,22,24,26-28H,2H2,1H3/p+1. The number of nitrogens with two attached hydrogens (primary N) is 1. The second-order valence-corrected chi connectivity index (χ2v) is 6.99. The van der Waals surface area contributed by atoms with Gasteiger partial charge < -0.3 is 20.5 Å². The number of aromatic hydroxyl groups is 1. The summed E-state index contributed by atoms with van der Waals surface area (Å²) in [5, 5.41) is 16.0. The first-order chi connectivity index (χ1) is 14.1. The van der Waals surface area contributed by atoms with Gasteiger partial charge >= 0.3 is 0 Å². The summed E-state index contributed by atoms with van der Waals surface area (Å²) in [7, 11) is 0. The van der Waals surface area contributed by atoms with Crippen LogP contribution < -0.4 is 15.4 Å². The van der Waals surface area contributed by atoms with Crippen LogP contribution in [0.1, 0.15) is 35.8 Å². The fourth-order valence-corrected chi connectivity index (χ4v) is 3.61. The van der Waals surface area contributed by atoms with E-state index in [0.29, 0.717) is 6.61 Å². The Hall–Kier alpha value is -3.31. The summed E-state index contributed by atoms with van der Waals surface area (Å²) in [6.45, 7) is 2.58. The van der Waals surface area contributed by atoms with Gasteiger partial charge in [-0.05, 0) is 73.2 Å². The molecule has 0 bridgehead atoms. The topological polar surface area (TPSA) is 58.1 Å². The predicted molar refractivity (Wildman–Crippen MR) is 111 cm³/mol. The summed E-state index contributed by atoms with van der Waals surface area (Å²) in [4.78, 5) is 0. The number of phenolic OH excluding ortho intramolecular Hbond substituents is 1. The highest BCUT2D eigenvalue weighted by atomic mass is 19.1. The van der Waals surface area contributed by atoms with Crippen molar-refractivity contribution in [3.63, 3.8) is 0 Å². The zero-order chi connectivity index (χ0) is 20.2. The van der Waals surface area contributed by atoms with Gasteiger partial charge in [0, 0.05) is 17.3 Å². The number of phenols is 1. The molecule has 3 aromatic rings. The fourth-order valence-electron chi connectivity index (χ4n) is 3.61. The van der Waals surface area contributed by atoms with Crippen molar-refractivity contribution in [1.82, 2.24) is 5.32 Å². The molecule has 0 aliphatic carbocycles. The van der Waals surface area contributed by atoms with E-state index >= 15 is 0 Å². The molecule has 0 amide bonds. The highest BCUT2D eigenvalue weighted by molar-refractivity contribution is 5.66. The number of hydrogen-bond acceptors (Lipinski definition) is 3. The Morgan fingerprint density at radius 1 is 1.00 bits per heavy atom. The molecule has 1 aliphatic rings. The van der Waals surface area contributed by atoms with Crippen LogP contribution in [-0.4, -0.2) is 11.7 Å². The Morgan fingerprint density at radius 2 is 1.72 bits per heavy atom. The lowest BCUT2D eigenvalue weighted by molar-refractivity contribution is -0.731. The van der Waals surface area contributed by atoms with E-state index in [9.17, 15) is 9.50 Å². The largest absolute Gasteiger partial charge is 0.507 e. The number of hydrogen-bond donors (Lipinski definition) is 3. The molecule has 0 saturated carbocycles. The molecule has 0 spiro atoms. The Bertz CT molecular complexity index is 1000. The van der Waals surface area contributed by atoms with Crippen molar-refractivity contribution in [2.45, 2.75) is 19.1 Å². The normalized spacial score (nSPS) is 18.6. The van der Waals surface area contributed by atoms with E-state index in [-0.39, 0.29) is 23.8 Å². The smallest absolute Gasteiger partial charge is 0.186 e. The average Bonchev–Trinajstić information content (AvgIpc) is 2.75. The molecule has 0 saturated heterocycles. The molecule has 5 heteroatoms. The molecule has 0 fully saturated rings. The van der Waals surface area contributed by atoms with E-state index in [1.54, 1.807) is 18.2 Å². The van der Waals surface area contributed by atoms with Crippen molar-refractivity contribution < 1.29 is 19.6 Å². The number of para-hydroxylation sites is 1. The van der Waals surface area contributed by atoms with Crippen LogP contribution in [0.15, 0.2) is 78.9 Å². The maximum absolute atomic E-state index is 13.4. The number of rotatable bonds is 5. The van der Waals surface area contributed by atoms with Gasteiger partial charge in [0.05, 0.1) is 12.2 Å². The Kier molecular flexibility index (Phi) is 5.49. The third-order valence-corrected chi connectivity index (χ3v) is 5.06. The number of ether oxygens (including phenoxy) is 1. The lowest BCUT2D eigenvalue weighted by atomic mass is 9.98. The molecule has 2 unspecified atom stereocenters. The highest BCUT2D eigenvalue weighted by Gasteiger charge is 2.29. The van der Waals surface area contributed by atoms with Gasteiger partial charge in [-0.15, -0.1) is 0 Å². The number of benzene rings is 3. The van der Waals surface area contributed by atoms with Gasteiger partial charge in [0.25, 0.3) is 0 Å². The fraction of sp³-hybridized carbons (Fsp3) is 0.167. The first-order valence-electron chi connectivity index (χ1n) is 9.74. The van der Waals surface area contributed by atoms with E-state index in [2.05, 4.69) is 16.7 Å². The molecule has 3 aromatic carbocycles. The quantitative estimate of drug-likeness (QED) is 0.619. The SMILES string of the molecule is CCOc1ccc(C2=CC(c3ccccc3O)[NH2+]C(c3ccc(F)cc3)N2)cc1. The van der Waals surface area contributed by atoms with Gasteiger partial charge in [-0.1, -0.05) is 12.1 Å². The van der Waals surface area contributed by atoms with Crippen LogP contribution in [0.4, 0.5) is 4.39 Å². The second kappa shape index (κ2) is 8.37. The van der Waals surface area contributed by atoms with Gasteiger partial charge in [-0.25, -0.2) is 4.39 Å². The summed E-state index contributed by atoms with van der Waals surface area (Å²) < 4.78 is 18.9. The summed E-state index contributed by atoms with van der Waals surface area (Å²) >= 11 is 0. The Morgan fingerprint density at radius 3 is 2.41 bits per heavy atom. The second-order valence-electron chi connectivity index (χ2n) is 6.99. The van der Waals surface area contributed by atoms with E-state index in [1.807, 2.05) is 49.4 Å². The zero-order valence-corrected chi connectivity index (χ0v) is 16.2. The van der Waals surface area contributed by atoms with Gasteiger partial charge in [-0.3, -0.25) is 0 Å². The van der Waals surface area contributed by atoms with Crippen LogP contribution in [-0.2, 0) is 0 Å². The molecule has 1 aliphatic heterocycles. The average molecular weight is 391 g/mol. The summed E-state index contributed by atoms with van der Waals surface area (Å²) in [5.74, 6) is 0.825. The molecule has 148 valence electrons. The van der Waals surface area contributed by atoms with E-state index in [1.165, 1.54) is 12.1 Å². The van der Waals surface area contributed by atoms with E-state index in [4.69, 9.17) is 4.74 Å². The number of quaternary nitrogens is 1. The van der Waals surface area contributed by atoms with Gasteiger partial charge in [0.2, 0.25) is 0 Å². The lowest BCUT2D eigenvalue weighted by Crippen LogP contribution is -2.89. The Labute approximate surface area is 169 Å². The molecule has 2 atom stereocenters. The van der Waals surface area contributed by atoms with Crippen molar-refractivity contribution in [2.24, 2.45) is 0 Å². The van der Waals surface area contributed by atoms with Crippen molar-refractivity contribution in [3.05, 3.63) is 101 Å². The van der Waals surface area contributed by atoms with Crippen molar-refractivity contribution >= 4 is 5.70 Å². The Balaban J connectivity index is 1.71. The third-order valence-electron chi connectivity index (χ3n) is 5.06. The summed E-state index contributed by atoms with van der Waals surface area (Å²) in [5.41, 5.74) is 3.78. The number of nitrogens with one attached hydrogen (secondary N) is 1. The first-order valence-corrected chi connectivity index (χ1v) is 9.74. The van der Waals surface area contributed by atoms with Gasteiger partial charge in [0.1, 0.15) is 23.4 Å². The predicted octanol–water partition coefficient (Wildman–Crippen LogP) is 3.88. The minimum Gasteiger partial charge on any atom is -0.507 e. The molecule has 0 aromatic heterocycles. The van der Waals surface area contributed by atoms with Crippen LogP contribution in [0.5, 0.6) is 11.5 Å². The first kappa shape index (κ1) is 19.0. The van der Waals surface area contributed by atoms with Crippen molar-refractivity contribution in [1.29, 1.82) is 0 Å². The van der Waals surface area contributed by atoms with Crippen molar-refractivity contribution in [3.8, 4) is 11.5 Å². The maximum atomic E-state index is 13.4. The molecular weight excluding hydrogens is 367 g/mol. The summed E-state index contributed by atoms with van der Waals surface area (Å²) in [6, 6.07) is 21.7. The molecule has 29 heavy (non-hydrogen) atoms. The minimum absolute atomic E-state index is 0.0888. The molecular formula is C24H24FN2O2+. The molecule has 0 radical (unpaired) electrons. The highest BCUT2D eigenvalue weighted by Crippen LogP contribution is 2.29. The van der Waals surface area contributed by atoms with Crippen LogP contribution in [0.3, 0.4) is 0 Å². The molecule has 4 rings (SSSR count).